The highest BCUT2D eigenvalue weighted by Gasteiger charge is 2.37. The zero-order chi connectivity index (χ0) is 14.4. The summed E-state index contributed by atoms with van der Waals surface area (Å²) in [5, 5.41) is 3.49. The maximum Gasteiger partial charge on any atom is 0.0641 e. The number of fused-ring (bicyclic) bond motifs is 1. The van der Waals surface area contributed by atoms with Crippen LogP contribution in [0.25, 0.3) is 10.1 Å². The summed E-state index contributed by atoms with van der Waals surface area (Å²) >= 11 is 1.78. The molecular weight excluding hydrogens is 278 g/mol. The van der Waals surface area contributed by atoms with Gasteiger partial charge in [0.25, 0.3) is 0 Å². The summed E-state index contributed by atoms with van der Waals surface area (Å²) in [5.41, 5.74) is 3.68. The third-order valence-electron chi connectivity index (χ3n) is 4.29. The van der Waals surface area contributed by atoms with Gasteiger partial charge in [-0.05, 0) is 17.7 Å². The summed E-state index contributed by atoms with van der Waals surface area (Å²) in [4.78, 5) is 2.21. The summed E-state index contributed by atoms with van der Waals surface area (Å²) < 4.78 is 6.71. The smallest absolute Gasteiger partial charge is 0.0641 e. The molecule has 0 saturated carbocycles. The predicted octanol–water partition coefficient (Wildman–Crippen LogP) is 4.71. The van der Waals surface area contributed by atoms with Crippen LogP contribution in [0.4, 0.5) is 5.69 Å². The van der Waals surface area contributed by atoms with E-state index < -0.39 is 0 Å². The van der Waals surface area contributed by atoms with Crippen molar-refractivity contribution in [1.29, 1.82) is 0 Å². The Morgan fingerprint density at radius 2 is 2.05 bits per heavy atom. The lowest BCUT2D eigenvalue weighted by molar-refractivity contribution is -0.0760. The molecule has 1 fully saturated rings. The van der Waals surface area contributed by atoms with Crippen LogP contribution in [-0.4, -0.2) is 13.2 Å². The molecule has 0 bridgehead atoms. The second kappa shape index (κ2) is 4.58. The predicted molar refractivity (Wildman–Crippen MR) is 89.6 cm³/mol. The second-order valence-corrected chi connectivity index (χ2v) is 6.86. The molecule has 2 aliphatic rings. The highest BCUT2D eigenvalue weighted by atomic mass is 32.1. The van der Waals surface area contributed by atoms with E-state index in [2.05, 4.69) is 66.4 Å². The molecule has 3 heteroatoms. The van der Waals surface area contributed by atoms with Crippen molar-refractivity contribution in [2.45, 2.75) is 6.92 Å². The maximum absolute atomic E-state index is 5.40. The largest absolute Gasteiger partial charge is 0.379 e. The second-order valence-electron chi connectivity index (χ2n) is 5.95. The molecule has 0 amide bonds. The minimum atomic E-state index is 0.140. The van der Waals surface area contributed by atoms with Crippen LogP contribution < -0.4 is 4.90 Å². The molecule has 0 aliphatic carbocycles. The van der Waals surface area contributed by atoms with Crippen LogP contribution in [0.5, 0.6) is 0 Å². The number of allylic oxidation sites excluding steroid dienone is 2. The van der Waals surface area contributed by atoms with Crippen LogP contribution in [-0.2, 0) is 4.74 Å². The van der Waals surface area contributed by atoms with Crippen LogP contribution in [0.15, 0.2) is 65.8 Å². The molecule has 2 aliphatic heterocycles. The van der Waals surface area contributed by atoms with E-state index in [9.17, 15) is 0 Å². The van der Waals surface area contributed by atoms with Gasteiger partial charge in [-0.3, -0.25) is 0 Å². The van der Waals surface area contributed by atoms with Crippen molar-refractivity contribution in [2.24, 2.45) is 5.41 Å². The van der Waals surface area contributed by atoms with E-state index in [0.29, 0.717) is 0 Å². The number of hydrogen-bond acceptors (Lipinski definition) is 3. The van der Waals surface area contributed by atoms with E-state index in [-0.39, 0.29) is 5.41 Å². The maximum atomic E-state index is 5.40. The Bertz CT molecular complexity index is 779. The molecule has 21 heavy (non-hydrogen) atoms. The first kappa shape index (κ1) is 12.9. The number of nitrogens with zero attached hydrogens (tertiary/aromatic N) is 1. The van der Waals surface area contributed by atoms with Gasteiger partial charge in [0.15, 0.2) is 0 Å². The highest BCUT2D eigenvalue weighted by Crippen LogP contribution is 2.41. The molecule has 1 saturated heterocycles. The molecule has 0 N–H and O–H groups in total. The van der Waals surface area contributed by atoms with Crippen LogP contribution >= 0.6 is 11.3 Å². The molecule has 0 unspecified atom stereocenters. The fourth-order valence-electron chi connectivity index (χ4n) is 2.84. The summed E-state index contributed by atoms with van der Waals surface area (Å²) in [6.45, 7) is 8.04. The van der Waals surface area contributed by atoms with Gasteiger partial charge in [0.05, 0.1) is 18.9 Å². The number of rotatable bonds is 2. The van der Waals surface area contributed by atoms with Crippen molar-refractivity contribution in [3.8, 4) is 0 Å². The van der Waals surface area contributed by atoms with Gasteiger partial charge in [-0.1, -0.05) is 37.8 Å². The molecular formula is C18H17NOS. The lowest BCUT2D eigenvalue weighted by Gasteiger charge is -2.41. The van der Waals surface area contributed by atoms with Gasteiger partial charge in [-0.15, -0.1) is 11.3 Å². The molecule has 2 nitrogen and oxygen atoms in total. The van der Waals surface area contributed by atoms with E-state index in [1.165, 1.54) is 21.3 Å². The van der Waals surface area contributed by atoms with Gasteiger partial charge in [0.2, 0.25) is 0 Å². The topological polar surface area (TPSA) is 12.5 Å². The average molecular weight is 295 g/mol. The fraction of sp³-hybridized carbons (Fsp3) is 0.222. The molecule has 0 spiro atoms. The van der Waals surface area contributed by atoms with E-state index in [1.807, 2.05) is 0 Å². The van der Waals surface area contributed by atoms with Gasteiger partial charge in [0, 0.05) is 32.8 Å². The number of anilines is 1. The van der Waals surface area contributed by atoms with E-state index >= 15 is 0 Å². The third kappa shape index (κ3) is 1.96. The normalized spacial score (nSPS) is 20.5. The van der Waals surface area contributed by atoms with Gasteiger partial charge in [-0.25, -0.2) is 0 Å². The Kier molecular flexibility index (Phi) is 2.81. The van der Waals surface area contributed by atoms with Crippen molar-refractivity contribution in [3.05, 3.63) is 65.8 Å². The van der Waals surface area contributed by atoms with Crippen LogP contribution in [0, 0.1) is 5.41 Å². The minimum Gasteiger partial charge on any atom is -0.379 e. The SMILES string of the molecule is C=C1C=CC(C2(C)COC2)=CN1c1csc2ccccc12. The molecule has 106 valence electrons. The molecule has 2 aromatic rings. The lowest BCUT2D eigenvalue weighted by Crippen LogP contribution is -2.42. The molecule has 0 radical (unpaired) electrons. The summed E-state index contributed by atoms with van der Waals surface area (Å²) in [7, 11) is 0. The van der Waals surface area contributed by atoms with Gasteiger partial charge < -0.3 is 9.64 Å². The molecule has 1 aromatic heterocycles. The summed E-state index contributed by atoms with van der Waals surface area (Å²) in [6, 6.07) is 8.51. The zero-order valence-corrected chi connectivity index (χ0v) is 12.8. The standard InChI is InChI=1S/C18H17NOS/c1-13-7-8-14(18(2)11-20-12-18)9-19(13)16-10-21-17-6-4-3-5-15(16)17/h3-10H,1,11-12H2,2H3. The number of ether oxygens (including phenoxy) is 1. The van der Waals surface area contributed by atoms with Gasteiger partial charge in [0.1, 0.15) is 0 Å². The van der Waals surface area contributed by atoms with E-state index in [4.69, 9.17) is 4.74 Å². The fourth-order valence-corrected chi connectivity index (χ4v) is 3.77. The summed E-state index contributed by atoms with van der Waals surface area (Å²) in [5.74, 6) is 0. The van der Waals surface area contributed by atoms with Crippen molar-refractivity contribution in [2.75, 3.05) is 18.1 Å². The van der Waals surface area contributed by atoms with Crippen molar-refractivity contribution < 1.29 is 4.74 Å². The van der Waals surface area contributed by atoms with Crippen molar-refractivity contribution in [1.82, 2.24) is 0 Å². The molecule has 4 rings (SSSR count). The quantitative estimate of drug-likeness (QED) is 0.795. The van der Waals surface area contributed by atoms with E-state index in [1.54, 1.807) is 11.3 Å². The first-order chi connectivity index (χ1) is 10.2. The first-order valence-corrected chi connectivity index (χ1v) is 7.98. The lowest BCUT2D eigenvalue weighted by atomic mass is 9.79. The van der Waals surface area contributed by atoms with Crippen molar-refractivity contribution >= 4 is 27.1 Å². The van der Waals surface area contributed by atoms with Gasteiger partial charge >= 0.3 is 0 Å². The number of thiophene rings is 1. The minimum absolute atomic E-state index is 0.140. The third-order valence-corrected chi connectivity index (χ3v) is 5.24. The van der Waals surface area contributed by atoms with Crippen molar-refractivity contribution in [3.63, 3.8) is 0 Å². The Balaban J connectivity index is 1.79. The first-order valence-electron chi connectivity index (χ1n) is 7.10. The average Bonchev–Trinajstić information content (AvgIpc) is 2.89. The van der Waals surface area contributed by atoms with Crippen LogP contribution in [0.1, 0.15) is 6.92 Å². The molecule has 0 atom stereocenters. The Labute approximate surface area is 128 Å². The monoisotopic (exact) mass is 295 g/mol. The van der Waals surface area contributed by atoms with Gasteiger partial charge in [-0.2, -0.15) is 0 Å². The number of hydrogen-bond donors (Lipinski definition) is 0. The zero-order valence-electron chi connectivity index (χ0n) is 12.0. The van der Waals surface area contributed by atoms with Crippen LogP contribution in [0.3, 0.4) is 0 Å². The molecule has 3 heterocycles. The highest BCUT2D eigenvalue weighted by molar-refractivity contribution is 7.17. The Morgan fingerprint density at radius 1 is 1.24 bits per heavy atom. The summed E-state index contributed by atoms with van der Waals surface area (Å²) in [6.07, 6.45) is 6.50. The number of benzene rings is 1. The van der Waals surface area contributed by atoms with Crippen LogP contribution in [0.2, 0.25) is 0 Å². The Hall–Kier alpha value is -1.84. The molecule has 1 aromatic carbocycles. The van der Waals surface area contributed by atoms with E-state index in [0.717, 1.165) is 18.9 Å². The Morgan fingerprint density at radius 3 is 2.81 bits per heavy atom.